The minimum absolute atomic E-state index is 0.0174. The Kier molecular flexibility index (Phi) is 5.80. The molecule has 0 aliphatic carbocycles. The number of fused-ring (bicyclic) bond motifs is 2. The van der Waals surface area contributed by atoms with Crippen LogP contribution in [0.15, 0.2) is 30.6 Å². The Labute approximate surface area is 207 Å². The van der Waals surface area contributed by atoms with Gasteiger partial charge in [-0.2, -0.15) is 9.97 Å². The maximum Gasteiger partial charge on any atom is 0.242 e. The molecule has 1 fully saturated rings. The molecule has 1 amide bonds. The fourth-order valence-corrected chi connectivity index (χ4v) is 5.12. The normalized spacial score (nSPS) is 23.0. The first-order valence-corrected chi connectivity index (χ1v) is 11.9. The number of aromatic nitrogens is 6. The molecule has 0 spiro atoms. The number of nitrogens with two attached hydrogens (primary N) is 2. The van der Waals surface area contributed by atoms with Crippen LogP contribution in [0.4, 0.5) is 11.8 Å². The van der Waals surface area contributed by atoms with Crippen molar-refractivity contribution in [1.82, 2.24) is 34.0 Å². The van der Waals surface area contributed by atoms with Gasteiger partial charge in [-0.05, 0) is 19.1 Å². The topological polar surface area (TPSA) is 174 Å². The highest BCUT2D eigenvalue weighted by atomic mass is 16.3. The fraction of sp³-hybridized carbons (Fsp3) is 0.458. The van der Waals surface area contributed by atoms with Gasteiger partial charge >= 0.3 is 0 Å². The molecule has 4 heterocycles. The lowest BCUT2D eigenvalue weighted by molar-refractivity contribution is -0.133. The third-order valence-corrected chi connectivity index (χ3v) is 6.84. The second kappa shape index (κ2) is 8.71. The van der Waals surface area contributed by atoms with Crippen LogP contribution in [-0.2, 0) is 11.3 Å². The van der Waals surface area contributed by atoms with Crippen LogP contribution in [0.5, 0.6) is 0 Å². The Bertz CT molecular complexity index is 1440. The summed E-state index contributed by atoms with van der Waals surface area (Å²) in [7, 11) is 0. The average Bonchev–Trinajstić information content (AvgIpc) is 3.34. The highest BCUT2D eigenvalue weighted by Crippen LogP contribution is 2.34. The van der Waals surface area contributed by atoms with Crippen molar-refractivity contribution in [3.63, 3.8) is 0 Å². The summed E-state index contributed by atoms with van der Waals surface area (Å²) in [6.07, 6.45) is 0.648. The molecule has 1 saturated heterocycles. The zero-order chi connectivity index (χ0) is 25.8. The van der Waals surface area contributed by atoms with E-state index in [-0.39, 0.29) is 49.6 Å². The molecule has 12 nitrogen and oxygen atoms in total. The minimum atomic E-state index is -1.37. The highest BCUT2D eigenvalue weighted by molar-refractivity contribution is 5.83. The van der Waals surface area contributed by atoms with E-state index in [1.165, 1.54) is 6.33 Å². The van der Waals surface area contributed by atoms with Gasteiger partial charge in [0.1, 0.15) is 17.9 Å². The number of rotatable bonds is 4. The van der Waals surface area contributed by atoms with Crippen LogP contribution in [0, 0.1) is 0 Å². The number of carbonyl (C=O) groups is 1. The van der Waals surface area contributed by atoms with Crippen molar-refractivity contribution < 1.29 is 15.0 Å². The summed E-state index contributed by atoms with van der Waals surface area (Å²) in [6.45, 7) is 5.98. The summed E-state index contributed by atoms with van der Waals surface area (Å²) in [5.41, 5.74) is 12.8. The van der Waals surface area contributed by atoms with E-state index in [1.807, 2.05) is 42.7 Å². The largest absolute Gasteiger partial charge is 0.391 e. The zero-order valence-corrected chi connectivity index (χ0v) is 20.5. The summed E-state index contributed by atoms with van der Waals surface area (Å²) in [4.78, 5) is 32.5. The highest BCUT2D eigenvalue weighted by Gasteiger charge is 2.42. The number of nitrogen functional groups attached to an aromatic ring is 2. The van der Waals surface area contributed by atoms with Gasteiger partial charge in [0.15, 0.2) is 11.5 Å². The molecule has 0 bridgehead atoms. The predicted octanol–water partition coefficient (Wildman–Crippen LogP) is 1.05. The molecule has 6 N–H and O–H groups in total. The first-order valence-electron chi connectivity index (χ1n) is 11.9. The fourth-order valence-electron chi connectivity index (χ4n) is 5.12. The molecule has 0 unspecified atom stereocenters. The van der Waals surface area contributed by atoms with Crippen molar-refractivity contribution in [3.05, 3.63) is 36.4 Å². The number of nitrogens with zero attached hydrogens (tertiary/aromatic N) is 7. The quantitative estimate of drug-likeness (QED) is 0.324. The van der Waals surface area contributed by atoms with Gasteiger partial charge in [0.05, 0.1) is 35.1 Å². The van der Waals surface area contributed by atoms with Crippen LogP contribution in [-0.4, -0.2) is 74.9 Å². The molecule has 36 heavy (non-hydrogen) atoms. The number of aliphatic hydroxyl groups is 2. The summed E-state index contributed by atoms with van der Waals surface area (Å²) < 4.78 is 3.59. The van der Waals surface area contributed by atoms with Crippen molar-refractivity contribution in [2.45, 2.75) is 57.4 Å². The van der Waals surface area contributed by atoms with Crippen molar-refractivity contribution in [1.29, 1.82) is 0 Å². The maximum atomic E-state index is 13.7. The lowest BCUT2D eigenvalue weighted by atomic mass is 9.91. The van der Waals surface area contributed by atoms with E-state index in [9.17, 15) is 15.0 Å². The Hall–Kier alpha value is -3.77. The Morgan fingerprint density at radius 2 is 1.94 bits per heavy atom. The smallest absolute Gasteiger partial charge is 0.242 e. The molecule has 5 rings (SSSR count). The Morgan fingerprint density at radius 1 is 1.19 bits per heavy atom. The number of aliphatic hydroxyl groups excluding tert-OH is 1. The number of anilines is 2. The molecule has 0 saturated carbocycles. The Balaban J connectivity index is 1.52. The predicted molar refractivity (Wildman–Crippen MR) is 135 cm³/mol. The van der Waals surface area contributed by atoms with Gasteiger partial charge in [0.2, 0.25) is 11.9 Å². The molecule has 1 aliphatic rings. The van der Waals surface area contributed by atoms with Crippen LogP contribution >= 0.6 is 0 Å². The van der Waals surface area contributed by atoms with Crippen LogP contribution < -0.4 is 11.5 Å². The van der Waals surface area contributed by atoms with Crippen molar-refractivity contribution in [2.24, 2.45) is 0 Å². The molecule has 3 atom stereocenters. The molecule has 4 aromatic rings. The van der Waals surface area contributed by atoms with Gasteiger partial charge in [-0.25, -0.2) is 9.97 Å². The molecule has 1 aromatic carbocycles. The molecule has 12 heteroatoms. The van der Waals surface area contributed by atoms with E-state index in [2.05, 4.69) is 15.0 Å². The molecular formula is C24H31N9O3. The van der Waals surface area contributed by atoms with Gasteiger partial charge in [-0.1, -0.05) is 26.0 Å². The SMILES string of the molecule is CC(C)c1nc2ccccc2n1CC(=O)N1C[C@@H](O)C[C@@](C)(O)[C@H](n2cnc3c(N)nc(N)nc32)C1. The summed E-state index contributed by atoms with van der Waals surface area (Å²) in [5, 5.41) is 22.1. The van der Waals surface area contributed by atoms with Crippen LogP contribution in [0.3, 0.4) is 0 Å². The number of likely N-dealkylation sites (tertiary alicyclic amines) is 1. The monoisotopic (exact) mass is 493 g/mol. The van der Waals surface area contributed by atoms with Gasteiger partial charge in [-0.3, -0.25) is 4.79 Å². The van der Waals surface area contributed by atoms with E-state index in [4.69, 9.17) is 16.5 Å². The number of imidazole rings is 2. The lowest BCUT2D eigenvalue weighted by Gasteiger charge is -2.34. The Morgan fingerprint density at radius 3 is 2.69 bits per heavy atom. The van der Waals surface area contributed by atoms with E-state index in [0.717, 1.165) is 16.9 Å². The van der Waals surface area contributed by atoms with Gasteiger partial charge in [0.25, 0.3) is 0 Å². The van der Waals surface area contributed by atoms with E-state index in [0.29, 0.717) is 11.2 Å². The molecule has 0 radical (unpaired) electrons. The average molecular weight is 494 g/mol. The van der Waals surface area contributed by atoms with Gasteiger partial charge < -0.3 is 35.7 Å². The summed E-state index contributed by atoms with van der Waals surface area (Å²) >= 11 is 0. The molecular weight excluding hydrogens is 462 g/mol. The number of para-hydroxylation sites is 2. The van der Waals surface area contributed by atoms with Crippen molar-refractivity contribution in [2.75, 3.05) is 24.6 Å². The summed E-state index contributed by atoms with van der Waals surface area (Å²) in [5.74, 6) is 0.842. The van der Waals surface area contributed by atoms with Crippen LogP contribution in [0.1, 0.15) is 45.0 Å². The van der Waals surface area contributed by atoms with Crippen molar-refractivity contribution in [3.8, 4) is 0 Å². The second-order valence-electron chi connectivity index (χ2n) is 10.0. The van der Waals surface area contributed by atoms with E-state index >= 15 is 0 Å². The first kappa shape index (κ1) is 23.9. The van der Waals surface area contributed by atoms with Gasteiger partial charge in [-0.15, -0.1) is 0 Å². The molecule has 190 valence electrons. The van der Waals surface area contributed by atoms with Crippen molar-refractivity contribution >= 4 is 39.9 Å². The summed E-state index contributed by atoms with van der Waals surface area (Å²) in [6, 6.07) is 7.04. The molecule has 1 aliphatic heterocycles. The van der Waals surface area contributed by atoms with E-state index in [1.54, 1.807) is 16.4 Å². The van der Waals surface area contributed by atoms with Gasteiger partial charge in [0, 0.05) is 25.4 Å². The number of benzene rings is 1. The minimum Gasteiger partial charge on any atom is -0.391 e. The number of hydrogen-bond donors (Lipinski definition) is 4. The third kappa shape index (κ3) is 4.11. The first-order chi connectivity index (χ1) is 17.0. The standard InChI is InChI=1S/C24H31N9O3/c1-13(2)21-28-15-6-4-5-7-16(15)32(21)11-18(35)31-9-14(34)8-24(3,36)17(10-31)33-12-27-19-20(25)29-23(26)30-22(19)33/h4-7,12-14,17,34,36H,8-11H2,1-3H3,(H4,25,26,29,30)/t14-,17+,24+/m0/s1. The zero-order valence-electron chi connectivity index (χ0n) is 20.5. The number of amides is 1. The molecule has 3 aromatic heterocycles. The number of β-amino-alcohol motifs (C(OH)–C–C–N with tert-alkyl or cyclic N) is 1. The lowest BCUT2D eigenvalue weighted by Crippen LogP contribution is -2.43. The van der Waals surface area contributed by atoms with Crippen LogP contribution in [0.25, 0.3) is 22.2 Å². The van der Waals surface area contributed by atoms with Crippen LogP contribution in [0.2, 0.25) is 0 Å². The van der Waals surface area contributed by atoms with E-state index < -0.39 is 17.7 Å². The number of hydrogen-bond acceptors (Lipinski definition) is 9. The third-order valence-electron chi connectivity index (χ3n) is 6.84. The number of carbonyl (C=O) groups excluding carboxylic acids is 1. The second-order valence-corrected chi connectivity index (χ2v) is 10.0. The maximum absolute atomic E-state index is 13.7.